The number of hydrogen-bond donors (Lipinski definition) is 2. The zero-order valence-corrected chi connectivity index (χ0v) is 8.37. The number of aromatic amines is 1. The maximum Gasteiger partial charge on any atom is 0.122 e. The average Bonchev–Trinajstić information content (AvgIpc) is 2.55. The van der Waals surface area contributed by atoms with E-state index in [2.05, 4.69) is 29.1 Å². The van der Waals surface area contributed by atoms with E-state index < -0.39 is 0 Å². The summed E-state index contributed by atoms with van der Waals surface area (Å²) in [5.41, 5.74) is 0. The highest BCUT2D eigenvalue weighted by Crippen LogP contribution is 2.05. The number of H-pyrrole nitrogens is 1. The molecule has 0 spiro atoms. The molecule has 1 heterocycles. The number of ether oxygens (including phenoxy) is 1. The van der Waals surface area contributed by atoms with Crippen LogP contribution < -0.4 is 5.32 Å². The van der Waals surface area contributed by atoms with Crippen LogP contribution >= 0.6 is 0 Å². The van der Waals surface area contributed by atoms with E-state index in [0.29, 0.717) is 12.6 Å². The molecule has 1 aromatic rings. The number of rotatable bonds is 5. The minimum atomic E-state index is 0.236. The van der Waals surface area contributed by atoms with Crippen molar-refractivity contribution >= 4 is 0 Å². The predicted molar refractivity (Wildman–Crippen MR) is 51.5 cm³/mol. The van der Waals surface area contributed by atoms with E-state index >= 15 is 0 Å². The zero-order chi connectivity index (χ0) is 9.68. The van der Waals surface area contributed by atoms with Crippen molar-refractivity contribution in [3.63, 3.8) is 0 Å². The number of aromatic nitrogens is 2. The van der Waals surface area contributed by atoms with Crippen LogP contribution in [-0.4, -0.2) is 29.7 Å². The lowest BCUT2D eigenvalue weighted by Crippen LogP contribution is -2.32. The van der Waals surface area contributed by atoms with Gasteiger partial charge in [-0.25, -0.2) is 4.98 Å². The predicted octanol–water partition coefficient (Wildman–Crippen LogP) is 1.10. The fourth-order valence-corrected chi connectivity index (χ4v) is 1.32. The van der Waals surface area contributed by atoms with Crippen molar-refractivity contribution < 1.29 is 4.74 Å². The highest BCUT2D eigenvalue weighted by molar-refractivity contribution is 4.94. The molecule has 0 saturated heterocycles. The molecule has 0 amide bonds. The van der Waals surface area contributed by atoms with Gasteiger partial charge in [-0.15, -0.1) is 0 Å². The summed E-state index contributed by atoms with van der Waals surface area (Å²) in [5, 5.41) is 3.36. The van der Waals surface area contributed by atoms with E-state index in [1.54, 1.807) is 13.3 Å². The number of methoxy groups -OCH3 is 1. The van der Waals surface area contributed by atoms with Crippen LogP contribution in [0.5, 0.6) is 0 Å². The SMILES string of the molecule is COCC(C)NC(C)c1ncc[nH]1. The van der Waals surface area contributed by atoms with E-state index in [1.165, 1.54) is 0 Å². The van der Waals surface area contributed by atoms with Crippen LogP contribution in [-0.2, 0) is 4.74 Å². The lowest BCUT2D eigenvalue weighted by atomic mass is 10.2. The number of nitrogens with zero attached hydrogens (tertiary/aromatic N) is 1. The van der Waals surface area contributed by atoms with Crippen molar-refractivity contribution in [2.75, 3.05) is 13.7 Å². The number of imidazole rings is 1. The fraction of sp³-hybridized carbons (Fsp3) is 0.667. The van der Waals surface area contributed by atoms with Crippen molar-refractivity contribution in [1.29, 1.82) is 0 Å². The second-order valence-electron chi connectivity index (χ2n) is 3.22. The maximum absolute atomic E-state index is 5.03. The van der Waals surface area contributed by atoms with Crippen LogP contribution in [0.1, 0.15) is 25.7 Å². The van der Waals surface area contributed by atoms with Crippen molar-refractivity contribution in [3.05, 3.63) is 18.2 Å². The molecular weight excluding hydrogens is 166 g/mol. The molecule has 1 rings (SSSR count). The summed E-state index contributed by atoms with van der Waals surface area (Å²) in [6.45, 7) is 4.87. The molecule has 2 unspecified atom stereocenters. The highest BCUT2D eigenvalue weighted by atomic mass is 16.5. The maximum atomic E-state index is 5.03. The van der Waals surface area contributed by atoms with Gasteiger partial charge in [-0.05, 0) is 13.8 Å². The average molecular weight is 183 g/mol. The molecule has 0 radical (unpaired) electrons. The first kappa shape index (κ1) is 10.2. The summed E-state index contributed by atoms with van der Waals surface area (Å²) in [4.78, 5) is 7.24. The molecule has 2 N–H and O–H groups in total. The Balaban J connectivity index is 2.37. The van der Waals surface area contributed by atoms with Crippen LogP contribution in [0.25, 0.3) is 0 Å². The summed E-state index contributed by atoms with van der Waals surface area (Å²) in [7, 11) is 1.70. The normalized spacial score (nSPS) is 15.6. The summed E-state index contributed by atoms with van der Waals surface area (Å²) >= 11 is 0. The van der Waals surface area contributed by atoms with Gasteiger partial charge < -0.3 is 15.0 Å². The van der Waals surface area contributed by atoms with E-state index in [9.17, 15) is 0 Å². The van der Waals surface area contributed by atoms with Crippen LogP contribution in [0.3, 0.4) is 0 Å². The van der Waals surface area contributed by atoms with Crippen LogP contribution in [0.2, 0.25) is 0 Å². The molecule has 4 heteroatoms. The van der Waals surface area contributed by atoms with E-state index in [-0.39, 0.29) is 6.04 Å². The Kier molecular flexibility index (Phi) is 3.92. The van der Waals surface area contributed by atoms with Crippen LogP contribution in [0.4, 0.5) is 0 Å². The van der Waals surface area contributed by atoms with Gasteiger partial charge in [0, 0.05) is 25.5 Å². The van der Waals surface area contributed by atoms with E-state index in [4.69, 9.17) is 4.74 Å². The molecule has 0 aliphatic heterocycles. The fourth-order valence-electron chi connectivity index (χ4n) is 1.32. The second kappa shape index (κ2) is 4.99. The van der Waals surface area contributed by atoms with Crippen LogP contribution in [0.15, 0.2) is 12.4 Å². The molecule has 74 valence electrons. The quantitative estimate of drug-likeness (QED) is 0.718. The van der Waals surface area contributed by atoms with Gasteiger partial charge in [0.05, 0.1) is 12.6 Å². The molecule has 0 aromatic carbocycles. The van der Waals surface area contributed by atoms with Crippen molar-refractivity contribution in [3.8, 4) is 0 Å². The summed E-state index contributed by atoms with van der Waals surface area (Å²) < 4.78 is 5.03. The molecule has 0 aliphatic rings. The smallest absolute Gasteiger partial charge is 0.122 e. The van der Waals surface area contributed by atoms with E-state index in [0.717, 1.165) is 5.82 Å². The number of nitrogens with one attached hydrogen (secondary N) is 2. The molecule has 2 atom stereocenters. The van der Waals surface area contributed by atoms with Crippen molar-refractivity contribution in [2.45, 2.75) is 25.9 Å². The topological polar surface area (TPSA) is 49.9 Å². The molecule has 4 nitrogen and oxygen atoms in total. The highest BCUT2D eigenvalue weighted by Gasteiger charge is 2.10. The van der Waals surface area contributed by atoms with E-state index in [1.807, 2.05) is 6.20 Å². The van der Waals surface area contributed by atoms with Gasteiger partial charge in [0.25, 0.3) is 0 Å². The van der Waals surface area contributed by atoms with Gasteiger partial charge in [0.15, 0.2) is 0 Å². The Morgan fingerprint density at radius 3 is 2.92 bits per heavy atom. The van der Waals surface area contributed by atoms with Gasteiger partial charge in [-0.1, -0.05) is 0 Å². The third kappa shape index (κ3) is 3.16. The summed E-state index contributed by atoms with van der Waals surface area (Å²) in [6, 6.07) is 0.574. The molecule has 0 aliphatic carbocycles. The standard InChI is InChI=1S/C9H17N3O/c1-7(6-13-3)12-8(2)9-10-4-5-11-9/h4-5,7-8,12H,6H2,1-3H3,(H,10,11). The number of hydrogen-bond acceptors (Lipinski definition) is 3. The molecule has 0 saturated carbocycles. The Morgan fingerprint density at radius 2 is 2.38 bits per heavy atom. The van der Waals surface area contributed by atoms with Gasteiger partial charge >= 0.3 is 0 Å². The molecule has 13 heavy (non-hydrogen) atoms. The molecule has 0 bridgehead atoms. The zero-order valence-electron chi connectivity index (χ0n) is 8.37. The third-order valence-corrected chi connectivity index (χ3v) is 1.88. The summed E-state index contributed by atoms with van der Waals surface area (Å²) in [6.07, 6.45) is 3.59. The molecule has 1 aromatic heterocycles. The molecular formula is C9H17N3O. The Labute approximate surface area is 78.7 Å². The largest absolute Gasteiger partial charge is 0.383 e. The third-order valence-electron chi connectivity index (χ3n) is 1.88. The van der Waals surface area contributed by atoms with Crippen LogP contribution in [0, 0.1) is 0 Å². The van der Waals surface area contributed by atoms with Gasteiger partial charge in [0.1, 0.15) is 5.82 Å². The Morgan fingerprint density at radius 1 is 1.62 bits per heavy atom. The first-order valence-corrected chi connectivity index (χ1v) is 4.48. The second-order valence-corrected chi connectivity index (χ2v) is 3.22. The lowest BCUT2D eigenvalue weighted by Gasteiger charge is -2.17. The molecule has 0 fully saturated rings. The first-order valence-electron chi connectivity index (χ1n) is 4.48. The Bertz CT molecular complexity index is 223. The monoisotopic (exact) mass is 183 g/mol. The van der Waals surface area contributed by atoms with Gasteiger partial charge in [-0.3, -0.25) is 0 Å². The van der Waals surface area contributed by atoms with Crippen molar-refractivity contribution in [1.82, 2.24) is 15.3 Å². The minimum absolute atomic E-state index is 0.236. The van der Waals surface area contributed by atoms with Gasteiger partial charge in [0.2, 0.25) is 0 Å². The van der Waals surface area contributed by atoms with Crippen molar-refractivity contribution in [2.24, 2.45) is 0 Å². The first-order chi connectivity index (χ1) is 6.24. The summed E-state index contributed by atoms with van der Waals surface area (Å²) in [5.74, 6) is 0.961. The minimum Gasteiger partial charge on any atom is -0.383 e. The Hall–Kier alpha value is -0.870. The lowest BCUT2D eigenvalue weighted by molar-refractivity contribution is 0.167. The van der Waals surface area contributed by atoms with Gasteiger partial charge in [-0.2, -0.15) is 0 Å².